The van der Waals surface area contributed by atoms with Gasteiger partial charge in [0.25, 0.3) is 0 Å². The molecule has 0 spiro atoms. The first kappa shape index (κ1) is 10.6. The molecule has 1 nitrogen and oxygen atoms in total. The summed E-state index contributed by atoms with van der Waals surface area (Å²) < 4.78 is 5.28. The van der Waals surface area contributed by atoms with E-state index in [0.29, 0.717) is 5.76 Å². The van der Waals surface area contributed by atoms with E-state index < -0.39 is 0 Å². The van der Waals surface area contributed by atoms with Gasteiger partial charge in [0, 0.05) is 6.42 Å². The lowest BCUT2D eigenvalue weighted by molar-refractivity contribution is 0.296. The highest BCUT2D eigenvalue weighted by molar-refractivity contribution is 5.15. The standard InChI is InChI=1S/C13H16O/c1-11(2)14-12(3)9-10-13-7-5-4-6-8-13/h4-8H,1,3,9-10H2,2H3. The predicted molar refractivity (Wildman–Crippen MR) is 59.8 cm³/mol. The Hall–Kier alpha value is -1.50. The van der Waals surface area contributed by atoms with Crippen LogP contribution < -0.4 is 0 Å². The first-order valence-electron chi connectivity index (χ1n) is 4.73. The summed E-state index contributed by atoms with van der Waals surface area (Å²) >= 11 is 0. The van der Waals surface area contributed by atoms with Crippen LogP contribution in [0.3, 0.4) is 0 Å². The second-order valence-electron chi connectivity index (χ2n) is 3.33. The van der Waals surface area contributed by atoms with Crippen LogP contribution in [0, 0.1) is 0 Å². The van der Waals surface area contributed by atoms with Gasteiger partial charge >= 0.3 is 0 Å². The van der Waals surface area contributed by atoms with Crippen molar-refractivity contribution in [3.8, 4) is 0 Å². The van der Waals surface area contributed by atoms with Crippen molar-refractivity contribution in [1.29, 1.82) is 0 Å². The van der Waals surface area contributed by atoms with E-state index in [1.807, 2.05) is 25.1 Å². The molecule has 0 unspecified atom stereocenters. The summed E-state index contributed by atoms with van der Waals surface area (Å²) in [5.41, 5.74) is 1.30. The molecular weight excluding hydrogens is 172 g/mol. The molecule has 0 aliphatic heterocycles. The number of benzene rings is 1. The number of hydrogen-bond donors (Lipinski definition) is 0. The fourth-order valence-corrected chi connectivity index (χ4v) is 1.23. The molecule has 74 valence electrons. The molecule has 0 fully saturated rings. The van der Waals surface area contributed by atoms with Crippen molar-refractivity contribution in [3.63, 3.8) is 0 Å². The smallest absolute Gasteiger partial charge is 0.0967 e. The van der Waals surface area contributed by atoms with Gasteiger partial charge in [-0.15, -0.1) is 0 Å². The fraction of sp³-hybridized carbons (Fsp3) is 0.231. The highest BCUT2D eigenvalue weighted by Gasteiger charge is 1.97. The first-order chi connectivity index (χ1) is 6.68. The average Bonchev–Trinajstić information content (AvgIpc) is 2.15. The van der Waals surface area contributed by atoms with Crippen LogP contribution in [-0.4, -0.2) is 0 Å². The Balaban J connectivity index is 2.34. The number of allylic oxidation sites excluding steroid dienone is 2. The molecule has 1 heteroatoms. The van der Waals surface area contributed by atoms with Crippen LogP contribution in [0.25, 0.3) is 0 Å². The molecule has 14 heavy (non-hydrogen) atoms. The molecule has 0 aliphatic carbocycles. The first-order valence-corrected chi connectivity index (χ1v) is 4.73. The summed E-state index contributed by atoms with van der Waals surface area (Å²) in [6.45, 7) is 9.32. The zero-order valence-corrected chi connectivity index (χ0v) is 8.62. The molecule has 0 aromatic heterocycles. The molecule has 1 aromatic carbocycles. The summed E-state index contributed by atoms with van der Waals surface area (Å²) in [6, 6.07) is 10.3. The maximum atomic E-state index is 5.28. The van der Waals surface area contributed by atoms with E-state index in [9.17, 15) is 0 Å². The van der Waals surface area contributed by atoms with Crippen LogP contribution in [0.2, 0.25) is 0 Å². The highest BCUT2D eigenvalue weighted by atomic mass is 16.5. The quantitative estimate of drug-likeness (QED) is 0.640. The van der Waals surface area contributed by atoms with E-state index in [4.69, 9.17) is 4.74 Å². The summed E-state index contributed by atoms with van der Waals surface area (Å²) in [7, 11) is 0. The zero-order valence-electron chi connectivity index (χ0n) is 8.62. The lowest BCUT2D eigenvalue weighted by Gasteiger charge is -2.07. The second-order valence-corrected chi connectivity index (χ2v) is 3.33. The Kier molecular flexibility index (Phi) is 3.99. The molecule has 0 aliphatic rings. The van der Waals surface area contributed by atoms with Gasteiger partial charge in [-0.1, -0.05) is 43.5 Å². The Bertz CT molecular complexity index is 311. The third kappa shape index (κ3) is 3.94. The Labute approximate surface area is 85.7 Å². The van der Waals surface area contributed by atoms with Crippen molar-refractivity contribution in [2.75, 3.05) is 0 Å². The minimum atomic E-state index is 0.697. The van der Waals surface area contributed by atoms with Crippen molar-refractivity contribution >= 4 is 0 Å². The van der Waals surface area contributed by atoms with Crippen molar-refractivity contribution in [3.05, 3.63) is 60.6 Å². The molecule has 0 heterocycles. The molecule has 0 amide bonds. The van der Waals surface area contributed by atoms with Gasteiger partial charge in [0.15, 0.2) is 0 Å². The second kappa shape index (κ2) is 5.28. The maximum absolute atomic E-state index is 5.28. The number of rotatable bonds is 5. The van der Waals surface area contributed by atoms with Gasteiger partial charge in [0.05, 0.1) is 11.5 Å². The van der Waals surface area contributed by atoms with Crippen LogP contribution in [0.5, 0.6) is 0 Å². The van der Waals surface area contributed by atoms with E-state index in [1.54, 1.807) is 0 Å². The van der Waals surface area contributed by atoms with Crippen molar-refractivity contribution in [2.24, 2.45) is 0 Å². The fourth-order valence-electron chi connectivity index (χ4n) is 1.23. The van der Waals surface area contributed by atoms with Crippen LogP contribution in [0.4, 0.5) is 0 Å². The number of ether oxygens (including phenoxy) is 1. The molecule has 0 atom stereocenters. The molecular formula is C13H16O. The van der Waals surface area contributed by atoms with Crippen molar-refractivity contribution < 1.29 is 4.74 Å². The SMILES string of the molecule is C=C(C)OC(=C)CCc1ccccc1. The Morgan fingerprint density at radius 3 is 2.43 bits per heavy atom. The normalized spacial score (nSPS) is 9.50. The van der Waals surface area contributed by atoms with E-state index in [1.165, 1.54) is 5.56 Å². The lowest BCUT2D eigenvalue weighted by atomic mass is 10.1. The third-order valence-electron chi connectivity index (χ3n) is 1.85. The van der Waals surface area contributed by atoms with Crippen LogP contribution in [0.15, 0.2) is 55.0 Å². The summed E-state index contributed by atoms with van der Waals surface area (Å²) in [4.78, 5) is 0. The summed E-state index contributed by atoms with van der Waals surface area (Å²) in [5.74, 6) is 1.48. The molecule has 0 saturated heterocycles. The topological polar surface area (TPSA) is 9.23 Å². The lowest BCUT2D eigenvalue weighted by Crippen LogP contribution is -1.91. The monoisotopic (exact) mass is 188 g/mol. The Morgan fingerprint density at radius 1 is 1.21 bits per heavy atom. The Morgan fingerprint density at radius 2 is 1.86 bits per heavy atom. The van der Waals surface area contributed by atoms with Crippen LogP contribution in [0.1, 0.15) is 18.9 Å². The summed E-state index contributed by atoms with van der Waals surface area (Å²) in [6.07, 6.45) is 1.81. The summed E-state index contributed by atoms with van der Waals surface area (Å²) in [5, 5.41) is 0. The zero-order chi connectivity index (χ0) is 10.4. The van der Waals surface area contributed by atoms with Gasteiger partial charge in [0.2, 0.25) is 0 Å². The molecule has 0 bridgehead atoms. The minimum Gasteiger partial charge on any atom is -0.468 e. The van der Waals surface area contributed by atoms with Gasteiger partial charge in [-0.2, -0.15) is 0 Å². The minimum absolute atomic E-state index is 0.697. The molecule has 0 radical (unpaired) electrons. The molecule has 0 N–H and O–H groups in total. The average molecular weight is 188 g/mol. The van der Waals surface area contributed by atoms with E-state index in [2.05, 4.69) is 25.3 Å². The van der Waals surface area contributed by atoms with Crippen LogP contribution in [-0.2, 0) is 11.2 Å². The molecule has 0 saturated carbocycles. The van der Waals surface area contributed by atoms with E-state index in [0.717, 1.165) is 18.6 Å². The molecule has 1 rings (SSSR count). The largest absolute Gasteiger partial charge is 0.468 e. The number of hydrogen-bond acceptors (Lipinski definition) is 1. The predicted octanol–water partition coefficient (Wildman–Crippen LogP) is 3.68. The van der Waals surface area contributed by atoms with Crippen molar-refractivity contribution in [2.45, 2.75) is 19.8 Å². The van der Waals surface area contributed by atoms with Gasteiger partial charge in [-0.05, 0) is 18.9 Å². The van der Waals surface area contributed by atoms with Gasteiger partial charge in [-0.25, -0.2) is 0 Å². The van der Waals surface area contributed by atoms with Gasteiger partial charge in [0.1, 0.15) is 0 Å². The van der Waals surface area contributed by atoms with E-state index in [-0.39, 0.29) is 0 Å². The third-order valence-corrected chi connectivity index (χ3v) is 1.85. The molecule has 1 aromatic rings. The number of aryl methyl sites for hydroxylation is 1. The van der Waals surface area contributed by atoms with Gasteiger partial charge < -0.3 is 4.74 Å². The van der Waals surface area contributed by atoms with Gasteiger partial charge in [-0.3, -0.25) is 0 Å². The van der Waals surface area contributed by atoms with E-state index >= 15 is 0 Å². The van der Waals surface area contributed by atoms with Crippen LogP contribution >= 0.6 is 0 Å². The van der Waals surface area contributed by atoms with Crippen molar-refractivity contribution in [1.82, 2.24) is 0 Å². The maximum Gasteiger partial charge on any atom is 0.0967 e. The highest BCUT2D eigenvalue weighted by Crippen LogP contribution is 2.10.